The van der Waals surface area contributed by atoms with Gasteiger partial charge in [0.05, 0.1) is 0 Å². The topological polar surface area (TPSA) is 15.3 Å². The maximum absolute atomic E-state index is 3.71. The lowest BCUT2D eigenvalue weighted by Gasteiger charge is -2.27. The summed E-state index contributed by atoms with van der Waals surface area (Å²) in [6.07, 6.45) is 5.35. The van der Waals surface area contributed by atoms with Crippen molar-refractivity contribution in [3.05, 3.63) is 30.3 Å². The van der Waals surface area contributed by atoms with Crippen LogP contribution in [-0.4, -0.2) is 26.2 Å². The van der Waals surface area contributed by atoms with E-state index in [-0.39, 0.29) is 0 Å². The average Bonchev–Trinajstić information content (AvgIpc) is 2.84. The molecule has 0 amide bonds. The number of nitrogens with one attached hydrogen (secondary N) is 1. The van der Waals surface area contributed by atoms with Crippen molar-refractivity contribution in [3.8, 4) is 0 Å². The normalized spacial score (nSPS) is 23.2. The van der Waals surface area contributed by atoms with Crippen LogP contribution >= 0.6 is 0 Å². The fourth-order valence-corrected chi connectivity index (χ4v) is 2.99. The highest BCUT2D eigenvalue weighted by Gasteiger charge is 2.27. The molecule has 1 aromatic rings. The van der Waals surface area contributed by atoms with Crippen LogP contribution in [0.25, 0.3) is 0 Å². The number of para-hydroxylation sites is 1. The van der Waals surface area contributed by atoms with Crippen LogP contribution in [0.3, 0.4) is 0 Å². The fourth-order valence-electron chi connectivity index (χ4n) is 2.99. The third-order valence-electron chi connectivity index (χ3n) is 4.02. The van der Waals surface area contributed by atoms with Gasteiger partial charge in [-0.1, -0.05) is 31.5 Å². The SMILES string of the molecule is CCCNC1CCCC1CN(C)c1ccccc1. The van der Waals surface area contributed by atoms with Gasteiger partial charge in [0.25, 0.3) is 0 Å². The Labute approximate surface area is 111 Å². The van der Waals surface area contributed by atoms with Crippen LogP contribution in [0.4, 0.5) is 5.69 Å². The van der Waals surface area contributed by atoms with Gasteiger partial charge in [0.2, 0.25) is 0 Å². The van der Waals surface area contributed by atoms with E-state index in [1.165, 1.54) is 37.9 Å². The lowest BCUT2D eigenvalue weighted by Crippen LogP contribution is -2.38. The predicted molar refractivity (Wildman–Crippen MR) is 79.1 cm³/mol. The number of hydrogen-bond donors (Lipinski definition) is 1. The minimum absolute atomic E-state index is 0.733. The number of hydrogen-bond acceptors (Lipinski definition) is 2. The molecule has 2 heteroatoms. The summed E-state index contributed by atoms with van der Waals surface area (Å²) in [6, 6.07) is 11.4. The molecule has 0 aromatic heterocycles. The molecule has 2 unspecified atom stereocenters. The molecule has 1 fully saturated rings. The van der Waals surface area contributed by atoms with Gasteiger partial charge >= 0.3 is 0 Å². The van der Waals surface area contributed by atoms with Gasteiger partial charge in [-0.05, 0) is 43.9 Å². The quantitative estimate of drug-likeness (QED) is 0.828. The molecule has 0 saturated heterocycles. The lowest BCUT2D eigenvalue weighted by molar-refractivity contribution is 0.403. The highest BCUT2D eigenvalue weighted by Crippen LogP contribution is 2.27. The van der Waals surface area contributed by atoms with Crippen molar-refractivity contribution in [2.75, 3.05) is 25.0 Å². The second-order valence-electron chi connectivity index (χ2n) is 5.47. The summed E-state index contributed by atoms with van der Waals surface area (Å²) in [5, 5.41) is 3.71. The molecule has 2 atom stereocenters. The summed E-state index contributed by atoms with van der Waals surface area (Å²) in [5.74, 6) is 0.807. The first kappa shape index (κ1) is 13.4. The van der Waals surface area contributed by atoms with E-state index in [4.69, 9.17) is 0 Å². The summed E-state index contributed by atoms with van der Waals surface area (Å²) in [6.45, 7) is 4.58. The Bertz CT molecular complexity index is 336. The Kier molecular flexibility index (Phi) is 5.06. The van der Waals surface area contributed by atoms with Gasteiger partial charge in [0.1, 0.15) is 0 Å². The van der Waals surface area contributed by atoms with Crippen molar-refractivity contribution in [3.63, 3.8) is 0 Å². The molecule has 1 aliphatic carbocycles. The zero-order chi connectivity index (χ0) is 12.8. The minimum atomic E-state index is 0.733. The zero-order valence-corrected chi connectivity index (χ0v) is 11.7. The first-order chi connectivity index (χ1) is 8.81. The van der Waals surface area contributed by atoms with E-state index in [0.717, 1.165) is 18.5 Å². The standard InChI is InChI=1S/C16H26N2/c1-3-12-17-16-11-7-8-14(16)13-18(2)15-9-5-4-6-10-15/h4-6,9-10,14,16-17H,3,7-8,11-13H2,1-2H3. The largest absolute Gasteiger partial charge is 0.374 e. The van der Waals surface area contributed by atoms with Crippen LogP contribution in [0.2, 0.25) is 0 Å². The van der Waals surface area contributed by atoms with Crippen molar-refractivity contribution in [2.24, 2.45) is 5.92 Å². The van der Waals surface area contributed by atoms with Gasteiger partial charge < -0.3 is 10.2 Å². The average molecular weight is 246 g/mol. The van der Waals surface area contributed by atoms with Crippen molar-refractivity contribution >= 4 is 5.69 Å². The molecule has 0 spiro atoms. The third-order valence-corrected chi connectivity index (χ3v) is 4.02. The molecular formula is C16H26N2. The second kappa shape index (κ2) is 6.79. The second-order valence-corrected chi connectivity index (χ2v) is 5.47. The number of anilines is 1. The maximum Gasteiger partial charge on any atom is 0.0363 e. The molecule has 1 N–H and O–H groups in total. The van der Waals surface area contributed by atoms with Crippen LogP contribution in [-0.2, 0) is 0 Å². The molecule has 18 heavy (non-hydrogen) atoms. The Balaban J connectivity index is 1.88. The lowest BCUT2D eigenvalue weighted by atomic mass is 10.0. The maximum atomic E-state index is 3.71. The molecule has 2 rings (SSSR count). The number of rotatable bonds is 6. The smallest absolute Gasteiger partial charge is 0.0363 e. The Morgan fingerprint density at radius 1 is 1.22 bits per heavy atom. The van der Waals surface area contributed by atoms with Crippen molar-refractivity contribution < 1.29 is 0 Å². The van der Waals surface area contributed by atoms with Crippen molar-refractivity contribution in [1.82, 2.24) is 5.32 Å². The first-order valence-electron chi connectivity index (χ1n) is 7.31. The van der Waals surface area contributed by atoms with E-state index in [1.54, 1.807) is 0 Å². The Morgan fingerprint density at radius 2 is 2.00 bits per heavy atom. The van der Waals surface area contributed by atoms with Gasteiger partial charge in [-0.3, -0.25) is 0 Å². The molecule has 0 radical (unpaired) electrons. The Hall–Kier alpha value is -1.02. The van der Waals surface area contributed by atoms with Gasteiger partial charge in [-0.15, -0.1) is 0 Å². The van der Waals surface area contributed by atoms with E-state index < -0.39 is 0 Å². The zero-order valence-electron chi connectivity index (χ0n) is 11.7. The molecule has 1 saturated carbocycles. The van der Waals surface area contributed by atoms with Gasteiger partial charge in [-0.2, -0.15) is 0 Å². The van der Waals surface area contributed by atoms with E-state index in [9.17, 15) is 0 Å². The van der Waals surface area contributed by atoms with Crippen LogP contribution in [0.15, 0.2) is 30.3 Å². The summed E-state index contributed by atoms with van der Waals surface area (Å²) in [4.78, 5) is 2.40. The molecule has 0 bridgehead atoms. The summed E-state index contributed by atoms with van der Waals surface area (Å²) in [5.41, 5.74) is 1.33. The van der Waals surface area contributed by atoms with E-state index in [1.807, 2.05) is 0 Å². The van der Waals surface area contributed by atoms with Crippen LogP contribution < -0.4 is 10.2 Å². The predicted octanol–water partition coefficient (Wildman–Crippen LogP) is 3.29. The van der Waals surface area contributed by atoms with Gasteiger partial charge in [0, 0.05) is 25.3 Å². The molecule has 0 aliphatic heterocycles. The van der Waals surface area contributed by atoms with Crippen molar-refractivity contribution in [1.29, 1.82) is 0 Å². The molecule has 0 heterocycles. The summed E-state index contributed by atoms with van der Waals surface area (Å²) >= 11 is 0. The van der Waals surface area contributed by atoms with Crippen LogP contribution in [0.1, 0.15) is 32.6 Å². The summed E-state index contributed by atoms with van der Waals surface area (Å²) in [7, 11) is 2.21. The van der Waals surface area contributed by atoms with E-state index in [0.29, 0.717) is 0 Å². The molecule has 100 valence electrons. The molecule has 1 aliphatic rings. The van der Waals surface area contributed by atoms with Gasteiger partial charge in [0.15, 0.2) is 0 Å². The molecular weight excluding hydrogens is 220 g/mol. The highest BCUT2D eigenvalue weighted by molar-refractivity contribution is 5.45. The minimum Gasteiger partial charge on any atom is -0.374 e. The molecule has 1 aromatic carbocycles. The fraction of sp³-hybridized carbons (Fsp3) is 0.625. The number of benzene rings is 1. The monoisotopic (exact) mass is 246 g/mol. The summed E-state index contributed by atoms with van der Waals surface area (Å²) < 4.78 is 0. The van der Waals surface area contributed by atoms with E-state index in [2.05, 4.69) is 54.5 Å². The van der Waals surface area contributed by atoms with Gasteiger partial charge in [-0.25, -0.2) is 0 Å². The Morgan fingerprint density at radius 3 is 2.72 bits per heavy atom. The van der Waals surface area contributed by atoms with Crippen LogP contribution in [0, 0.1) is 5.92 Å². The third kappa shape index (κ3) is 3.49. The van der Waals surface area contributed by atoms with Crippen LogP contribution in [0.5, 0.6) is 0 Å². The number of nitrogens with zero attached hydrogens (tertiary/aromatic N) is 1. The molecule has 2 nitrogen and oxygen atoms in total. The van der Waals surface area contributed by atoms with Crippen molar-refractivity contribution in [2.45, 2.75) is 38.6 Å². The van der Waals surface area contributed by atoms with E-state index >= 15 is 0 Å². The highest BCUT2D eigenvalue weighted by atomic mass is 15.1. The first-order valence-corrected chi connectivity index (χ1v) is 7.31.